The molecule has 2 aromatic rings. The molecule has 0 radical (unpaired) electrons. The molecule has 1 aliphatic heterocycles. The van der Waals surface area contributed by atoms with Gasteiger partial charge in [0.1, 0.15) is 5.82 Å². The van der Waals surface area contributed by atoms with Crippen molar-refractivity contribution in [2.75, 3.05) is 23.9 Å². The summed E-state index contributed by atoms with van der Waals surface area (Å²) in [5.41, 5.74) is 1.17. The summed E-state index contributed by atoms with van der Waals surface area (Å²) < 4.78 is 0. The minimum Gasteiger partial charge on any atom is -0.365 e. The Kier molecular flexibility index (Phi) is 3.67. The number of fused-ring (bicyclic) bond motifs is 1. The van der Waals surface area contributed by atoms with Crippen molar-refractivity contribution in [3.8, 4) is 0 Å². The van der Waals surface area contributed by atoms with Crippen molar-refractivity contribution in [3.63, 3.8) is 0 Å². The Morgan fingerprint density at radius 3 is 2.80 bits per heavy atom. The van der Waals surface area contributed by atoms with Gasteiger partial charge in [-0.15, -0.1) is 11.8 Å². The van der Waals surface area contributed by atoms with Crippen LogP contribution in [0.2, 0.25) is 0 Å². The quantitative estimate of drug-likeness (QED) is 0.854. The first-order valence-electron chi connectivity index (χ1n) is 6.33. The zero-order valence-electron chi connectivity index (χ0n) is 11.3. The lowest BCUT2D eigenvalue weighted by molar-refractivity contribution is -0.116. The van der Waals surface area contributed by atoms with Crippen LogP contribution in [0.1, 0.15) is 22.8 Å². The Bertz CT molecular complexity index is 636. The van der Waals surface area contributed by atoms with E-state index < -0.39 is 0 Å². The van der Waals surface area contributed by atoms with Crippen LogP contribution >= 0.6 is 23.1 Å². The molecule has 1 aromatic carbocycles. The topological polar surface area (TPSA) is 54.0 Å². The highest BCUT2D eigenvalue weighted by Gasteiger charge is 2.30. The molecule has 20 heavy (non-hydrogen) atoms. The third-order valence-electron chi connectivity index (χ3n) is 3.35. The molecule has 0 saturated carbocycles. The van der Waals surface area contributed by atoms with E-state index in [1.54, 1.807) is 23.1 Å². The number of amides is 1. The maximum atomic E-state index is 11.9. The van der Waals surface area contributed by atoms with Gasteiger partial charge in [-0.2, -0.15) is 0 Å². The van der Waals surface area contributed by atoms with Crippen molar-refractivity contribution in [3.05, 3.63) is 34.7 Å². The molecule has 0 unspecified atom stereocenters. The summed E-state index contributed by atoms with van der Waals surface area (Å²) in [5.74, 6) is 0.841. The van der Waals surface area contributed by atoms with Gasteiger partial charge in [-0.3, -0.25) is 4.79 Å². The molecule has 6 heteroatoms. The van der Waals surface area contributed by atoms with E-state index in [4.69, 9.17) is 0 Å². The lowest BCUT2D eigenvalue weighted by Crippen LogP contribution is -2.22. The first kappa shape index (κ1) is 13.5. The van der Waals surface area contributed by atoms with Crippen LogP contribution in [0.5, 0.6) is 0 Å². The Labute approximate surface area is 126 Å². The van der Waals surface area contributed by atoms with Crippen LogP contribution in [-0.2, 0) is 4.79 Å². The van der Waals surface area contributed by atoms with E-state index in [1.807, 2.05) is 7.05 Å². The van der Waals surface area contributed by atoms with Crippen molar-refractivity contribution >= 4 is 40.0 Å². The minimum atomic E-state index is 0.0318. The fourth-order valence-corrected chi connectivity index (χ4v) is 3.74. The average molecular weight is 305 g/mol. The van der Waals surface area contributed by atoms with Gasteiger partial charge in [-0.1, -0.05) is 23.5 Å². The lowest BCUT2D eigenvalue weighted by atomic mass is 9.92. The van der Waals surface area contributed by atoms with Gasteiger partial charge in [0.05, 0.1) is 4.88 Å². The second-order valence-corrected chi connectivity index (χ2v) is 6.47. The van der Waals surface area contributed by atoms with Gasteiger partial charge in [-0.05, 0) is 24.0 Å². The van der Waals surface area contributed by atoms with Gasteiger partial charge in [0, 0.05) is 24.3 Å². The minimum absolute atomic E-state index is 0.0318. The predicted molar refractivity (Wildman–Crippen MR) is 85.0 cm³/mol. The first-order chi connectivity index (χ1) is 9.71. The van der Waals surface area contributed by atoms with Crippen molar-refractivity contribution < 1.29 is 4.79 Å². The molecular weight excluding hydrogens is 290 g/mol. The van der Waals surface area contributed by atoms with E-state index in [1.165, 1.54) is 10.5 Å². The van der Waals surface area contributed by atoms with E-state index in [2.05, 4.69) is 46.1 Å². The summed E-state index contributed by atoms with van der Waals surface area (Å²) in [6.07, 6.45) is 2.54. The van der Waals surface area contributed by atoms with Crippen molar-refractivity contribution in [2.24, 2.45) is 0 Å². The maximum absolute atomic E-state index is 11.9. The van der Waals surface area contributed by atoms with E-state index in [0.29, 0.717) is 12.2 Å². The summed E-state index contributed by atoms with van der Waals surface area (Å²) >= 11 is 3.33. The molecule has 104 valence electrons. The Morgan fingerprint density at radius 1 is 1.40 bits per heavy atom. The molecule has 0 fully saturated rings. The van der Waals surface area contributed by atoms with Crippen LogP contribution in [0.15, 0.2) is 29.2 Å². The molecule has 1 aliphatic rings. The van der Waals surface area contributed by atoms with Crippen LogP contribution < -0.4 is 10.6 Å². The van der Waals surface area contributed by atoms with Crippen molar-refractivity contribution in [1.29, 1.82) is 0 Å². The van der Waals surface area contributed by atoms with E-state index in [0.717, 1.165) is 10.0 Å². The average Bonchev–Trinajstić information content (AvgIpc) is 2.89. The van der Waals surface area contributed by atoms with Gasteiger partial charge >= 0.3 is 0 Å². The summed E-state index contributed by atoms with van der Waals surface area (Å²) in [5, 5.41) is 6.73. The molecule has 0 bridgehead atoms. The molecule has 2 N–H and O–H groups in total. The van der Waals surface area contributed by atoms with Crippen molar-refractivity contribution in [1.82, 2.24) is 4.98 Å². The van der Waals surface area contributed by atoms with Gasteiger partial charge in [-0.25, -0.2) is 4.98 Å². The number of carbonyl (C=O) groups is 1. The van der Waals surface area contributed by atoms with Crippen LogP contribution in [0.4, 0.5) is 10.9 Å². The van der Waals surface area contributed by atoms with Gasteiger partial charge in [0.25, 0.3) is 0 Å². The highest BCUT2D eigenvalue weighted by Crippen LogP contribution is 2.42. The van der Waals surface area contributed by atoms with Crippen LogP contribution in [0.3, 0.4) is 0 Å². The standard InChI is InChI=1S/C14H15N3OS2/c1-15-14-17-13-12(20-14)10(7-11(18)16-13)8-3-5-9(19-2)6-4-8/h3-6,10H,7H2,1-2H3,(H,15,17)(H,16,18)/t10-/m1/s1. The molecular formula is C14H15N3OS2. The van der Waals surface area contributed by atoms with Crippen LogP contribution in [-0.4, -0.2) is 24.2 Å². The number of anilines is 2. The van der Waals surface area contributed by atoms with Gasteiger partial charge in [0.2, 0.25) is 5.91 Å². The molecule has 0 spiro atoms. The third kappa shape index (κ3) is 2.41. The maximum Gasteiger partial charge on any atom is 0.226 e. The number of thioether (sulfide) groups is 1. The largest absolute Gasteiger partial charge is 0.365 e. The molecule has 3 rings (SSSR count). The lowest BCUT2D eigenvalue weighted by Gasteiger charge is -2.21. The smallest absolute Gasteiger partial charge is 0.226 e. The molecule has 2 heterocycles. The van der Waals surface area contributed by atoms with Gasteiger partial charge in [0.15, 0.2) is 5.13 Å². The Morgan fingerprint density at radius 2 is 2.15 bits per heavy atom. The number of nitrogens with zero attached hydrogens (tertiary/aromatic N) is 1. The molecule has 1 atom stereocenters. The fourth-order valence-electron chi connectivity index (χ4n) is 2.33. The number of rotatable bonds is 3. The number of carbonyl (C=O) groups excluding carboxylic acids is 1. The summed E-state index contributed by atoms with van der Waals surface area (Å²) in [7, 11) is 1.84. The van der Waals surface area contributed by atoms with Gasteiger partial charge < -0.3 is 10.6 Å². The summed E-state index contributed by atoms with van der Waals surface area (Å²) in [4.78, 5) is 18.6. The molecule has 1 aromatic heterocycles. The van der Waals surface area contributed by atoms with Crippen LogP contribution in [0.25, 0.3) is 0 Å². The molecule has 1 amide bonds. The normalized spacial score (nSPS) is 17.5. The fraction of sp³-hybridized carbons (Fsp3) is 0.286. The molecule has 4 nitrogen and oxygen atoms in total. The third-order valence-corrected chi connectivity index (χ3v) is 5.28. The van der Waals surface area contributed by atoms with E-state index in [9.17, 15) is 4.79 Å². The van der Waals surface area contributed by atoms with E-state index in [-0.39, 0.29) is 11.8 Å². The summed E-state index contributed by atoms with van der Waals surface area (Å²) in [6, 6.07) is 8.42. The van der Waals surface area contributed by atoms with Crippen molar-refractivity contribution in [2.45, 2.75) is 17.2 Å². The SMILES string of the molecule is CNc1nc2c(s1)[C@@H](c1ccc(SC)cc1)CC(=O)N2. The summed E-state index contributed by atoms with van der Waals surface area (Å²) in [6.45, 7) is 0. The van der Waals surface area contributed by atoms with Crippen LogP contribution in [0, 0.1) is 0 Å². The number of hydrogen-bond donors (Lipinski definition) is 2. The predicted octanol–water partition coefficient (Wildman–Crippen LogP) is 3.38. The molecule has 0 aliphatic carbocycles. The second-order valence-electron chi connectivity index (χ2n) is 4.56. The molecule has 0 saturated heterocycles. The highest BCUT2D eigenvalue weighted by molar-refractivity contribution is 7.98. The number of nitrogens with one attached hydrogen (secondary N) is 2. The highest BCUT2D eigenvalue weighted by atomic mass is 32.2. The monoisotopic (exact) mass is 305 g/mol. The second kappa shape index (κ2) is 5.46. The zero-order chi connectivity index (χ0) is 14.1. The Hall–Kier alpha value is -1.53. The Balaban J connectivity index is 2.00. The van der Waals surface area contributed by atoms with E-state index >= 15 is 0 Å². The zero-order valence-corrected chi connectivity index (χ0v) is 12.9. The number of benzene rings is 1. The first-order valence-corrected chi connectivity index (χ1v) is 8.37. The number of hydrogen-bond acceptors (Lipinski definition) is 5. The number of thiazole rings is 1. The number of aromatic nitrogens is 1.